The molecule has 0 aromatic heterocycles. The Morgan fingerprint density at radius 3 is 2.33 bits per heavy atom. The van der Waals surface area contributed by atoms with Crippen LogP contribution >= 0.6 is 0 Å². The van der Waals surface area contributed by atoms with Gasteiger partial charge in [-0.1, -0.05) is 0 Å². The van der Waals surface area contributed by atoms with Gasteiger partial charge in [0.25, 0.3) is 5.91 Å². The second-order valence-electron chi connectivity index (χ2n) is 6.98. The monoisotopic (exact) mass is 438 g/mol. The maximum Gasteiger partial charge on any atom is 0.254 e. The maximum atomic E-state index is 14.0. The fraction of sp³-hybridized carbons (Fsp3) is 0.350. The first kappa shape index (κ1) is 20.5. The van der Waals surface area contributed by atoms with E-state index in [2.05, 4.69) is 0 Å². The molecule has 1 amide bonds. The number of sulfonamides is 1. The summed E-state index contributed by atoms with van der Waals surface area (Å²) in [4.78, 5) is 13.7. The number of fused-ring (bicyclic) bond motifs is 1. The van der Waals surface area contributed by atoms with Crippen molar-refractivity contribution in [1.82, 2.24) is 9.21 Å². The molecular weight excluding hydrogens is 418 g/mol. The summed E-state index contributed by atoms with van der Waals surface area (Å²) in [6, 6.07) is 7.25. The molecule has 0 bridgehead atoms. The Bertz CT molecular complexity index is 1070. The number of amides is 1. The van der Waals surface area contributed by atoms with Crippen molar-refractivity contribution in [3.05, 3.63) is 53.6 Å². The van der Waals surface area contributed by atoms with E-state index < -0.39 is 26.6 Å². The van der Waals surface area contributed by atoms with E-state index in [0.29, 0.717) is 36.3 Å². The lowest BCUT2D eigenvalue weighted by atomic mass is 10.1. The molecule has 2 heterocycles. The van der Waals surface area contributed by atoms with Crippen molar-refractivity contribution in [2.75, 3.05) is 39.4 Å². The van der Waals surface area contributed by atoms with Gasteiger partial charge in [-0.3, -0.25) is 4.79 Å². The molecule has 0 aliphatic carbocycles. The van der Waals surface area contributed by atoms with Crippen molar-refractivity contribution >= 4 is 15.9 Å². The number of hydrogen-bond donors (Lipinski definition) is 0. The Morgan fingerprint density at radius 2 is 1.60 bits per heavy atom. The molecule has 2 aromatic carbocycles. The number of ether oxygens (including phenoxy) is 2. The summed E-state index contributed by atoms with van der Waals surface area (Å²) in [5, 5.41) is 0. The molecule has 0 unspecified atom stereocenters. The van der Waals surface area contributed by atoms with Crippen LogP contribution in [0.3, 0.4) is 0 Å². The molecule has 0 atom stereocenters. The highest BCUT2D eigenvalue weighted by Crippen LogP contribution is 2.31. The molecule has 7 nitrogen and oxygen atoms in total. The second kappa shape index (κ2) is 8.19. The zero-order valence-electron chi connectivity index (χ0n) is 16.0. The zero-order chi connectivity index (χ0) is 21.3. The van der Waals surface area contributed by atoms with Gasteiger partial charge < -0.3 is 14.4 Å². The predicted octanol–water partition coefficient (Wildman–Crippen LogP) is 2.27. The van der Waals surface area contributed by atoms with Crippen LogP contribution in [0.1, 0.15) is 16.8 Å². The van der Waals surface area contributed by atoms with E-state index in [1.807, 2.05) is 0 Å². The van der Waals surface area contributed by atoms with E-state index in [1.54, 1.807) is 18.2 Å². The smallest absolute Gasteiger partial charge is 0.254 e. The SMILES string of the molecule is O=C(c1ccc2c(c1)OCCCO2)N1CCN(S(=O)(=O)c2cc(F)ccc2F)CC1. The molecule has 2 aliphatic rings. The average Bonchev–Trinajstić information content (AvgIpc) is 3.00. The normalized spacial score (nSPS) is 17.5. The molecule has 1 saturated heterocycles. The third kappa shape index (κ3) is 3.97. The zero-order valence-corrected chi connectivity index (χ0v) is 16.8. The topological polar surface area (TPSA) is 76.2 Å². The van der Waals surface area contributed by atoms with Gasteiger partial charge in [0.15, 0.2) is 11.5 Å². The Morgan fingerprint density at radius 1 is 0.900 bits per heavy atom. The van der Waals surface area contributed by atoms with Crippen LogP contribution in [0.2, 0.25) is 0 Å². The molecule has 0 saturated carbocycles. The van der Waals surface area contributed by atoms with Gasteiger partial charge in [0.2, 0.25) is 10.0 Å². The summed E-state index contributed by atoms with van der Waals surface area (Å²) >= 11 is 0. The molecule has 0 spiro atoms. The van der Waals surface area contributed by atoms with Crippen LogP contribution < -0.4 is 9.47 Å². The molecule has 4 rings (SSSR count). The Labute approximate surface area is 172 Å². The molecular formula is C20H20F2N2O5S. The van der Waals surface area contributed by atoms with Crippen LogP contribution in [0, 0.1) is 11.6 Å². The largest absolute Gasteiger partial charge is 0.490 e. The minimum atomic E-state index is -4.20. The Balaban J connectivity index is 1.46. The molecule has 160 valence electrons. The van der Waals surface area contributed by atoms with E-state index in [9.17, 15) is 22.0 Å². The average molecular weight is 438 g/mol. The van der Waals surface area contributed by atoms with Gasteiger partial charge in [0.1, 0.15) is 16.5 Å². The number of halogens is 2. The van der Waals surface area contributed by atoms with Crippen LogP contribution in [0.25, 0.3) is 0 Å². The van der Waals surface area contributed by atoms with Crippen LogP contribution in [0.4, 0.5) is 8.78 Å². The Hall–Kier alpha value is -2.72. The maximum absolute atomic E-state index is 14.0. The summed E-state index contributed by atoms with van der Waals surface area (Å²) < 4.78 is 65.0. The molecule has 2 aromatic rings. The first-order chi connectivity index (χ1) is 14.4. The third-order valence-corrected chi connectivity index (χ3v) is 6.95. The van der Waals surface area contributed by atoms with Gasteiger partial charge in [0, 0.05) is 38.2 Å². The fourth-order valence-corrected chi connectivity index (χ4v) is 4.92. The number of rotatable bonds is 3. The standard InChI is InChI=1S/C20H20F2N2O5S/c21-15-3-4-16(22)19(13-15)30(26,27)24-8-6-23(7-9-24)20(25)14-2-5-17-18(12-14)29-11-1-10-28-17/h2-5,12-13H,1,6-11H2. The van der Waals surface area contributed by atoms with E-state index in [4.69, 9.17) is 9.47 Å². The first-order valence-electron chi connectivity index (χ1n) is 9.50. The van der Waals surface area contributed by atoms with Crippen molar-refractivity contribution in [3.63, 3.8) is 0 Å². The highest BCUT2D eigenvalue weighted by molar-refractivity contribution is 7.89. The molecule has 0 radical (unpaired) electrons. The van der Waals surface area contributed by atoms with Gasteiger partial charge in [-0.25, -0.2) is 17.2 Å². The number of hydrogen-bond acceptors (Lipinski definition) is 5. The predicted molar refractivity (Wildman–Crippen MR) is 103 cm³/mol. The summed E-state index contributed by atoms with van der Waals surface area (Å²) in [7, 11) is -4.20. The van der Waals surface area contributed by atoms with Crippen molar-refractivity contribution in [2.24, 2.45) is 0 Å². The summed E-state index contributed by atoms with van der Waals surface area (Å²) in [5.41, 5.74) is 0.409. The van der Waals surface area contributed by atoms with E-state index in [-0.39, 0.29) is 32.1 Å². The minimum absolute atomic E-state index is 0.0193. The van der Waals surface area contributed by atoms with E-state index in [1.165, 1.54) is 4.90 Å². The van der Waals surface area contributed by atoms with Gasteiger partial charge >= 0.3 is 0 Å². The summed E-state index contributed by atoms with van der Waals surface area (Å²) in [6.45, 7) is 1.26. The fourth-order valence-electron chi connectivity index (χ4n) is 3.42. The highest BCUT2D eigenvalue weighted by atomic mass is 32.2. The minimum Gasteiger partial charge on any atom is -0.490 e. The van der Waals surface area contributed by atoms with Crippen molar-refractivity contribution < 1.29 is 31.5 Å². The lowest BCUT2D eigenvalue weighted by molar-refractivity contribution is 0.0697. The van der Waals surface area contributed by atoms with Gasteiger partial charge in [-0.05, 0) is 36.4 Å². The van der Waals surface area contributed by atoms with E-state index in [0.717, 1.165) is 22.9 Å². The van der Waals surface area contributed by atoms with E-state index >= 15 is 0 Å². The molecule has 1 fully saturated rings. The lowest BCUT2D eigenvalue weighted by Gasteiger charge is -2.34. The van der Waals surface area contributed by atoms with Crippen molar-refractivity contribution in [2.45, 2.75) is 11.3 Å². The molecule has 10 heteroatoms. The lowest BCUT2D eigenvalue weighted by Crippen LogP contribution is -2.50. The molecule has 30 heavy (non-hydrogen) atoms. The van der Waals surface area contributed by atoms with Crippen LogP contribution in [-0.4, -0.2) is 62.9 Å². The van der Waals surface area contributed by atoms with Crippen LogP contribution in [0.5, 0.6) is 11.5 Å². The number of nitrogens with zero attached hydrogens (tertiary/aromatic N) is 2. The molecule has 2 aliphatic heterocycles. The summed E-state index contributed by atoms with van der Waals surface area (Å²) in [5.74, 6) is -1.03. The van der Waals surface area contributed by atoms with Crippen LogP contribution in [0.15, 0.2) is 41.3 Å². The number of carbonyl (C=O) groups excluding carboxylic acids is 1. The van der Waals surface area contributed by atoms with Crippen LogP contribution in [-0.2, 0) is 10.0 Å². The summed E-state index contributed by atoms with van der Waals surface area (Å²) in [6.07, 6.45) is 0.750. The molecule has 0 N–H and O–H groups in total. The van der Waals surface area contributed by atoms with Gasteiger partial charge in [-0.2, -0.15) is 4.31 Å². The number of carbonyl (C=O) groups is 1. The van der Waals surface area contributed by atoms with Crippen molar-refractivity contribution in [3.8, 4) is 11.5 Å². The quantitative estimate of drug-likeness (QED) is 0.735. The Kier molecular flexibility index (Phi) is 5.61. The first-order valence-corrected chi connectivity index (χ1v) is 10.9. The highest BCUT2D eigenvalue weighted by Gasteiger charge is 2.32. The van der Waals surface area contributed by atoms with Crippen molar-refractivity contribution in [1.29, 1.82) is 0 Å². The van der Waals surface area contributed by atoms with Gasteiger partial charge in [-0.15, -0.1) is 0 Å². The third-order valence-electron chi connectivity index (χ3n) is 5.03. The van der Waals surface area contributed by atoms with Gasteiger partial charge in [0.05, 0.1) is 13.2 Å². The number of piperazine rings is 1. The number of benzene rings is 2. The second-order valence-corrected chi connectivity index (χ2v) is 8.89.